The average molecular weight is 260 g/mol. The lowest BCUT2D eigenvalue weighted by Gasteiger charge is -2.01. The van der Waals surface area contributed by atoms with E-state index in [4.69, 9.17) is 10.8 Å². The minimum atomic E-state index is -1.07. The third-order valence-corrected chi connectivity index (χ3v) is 4.13. The zero-order chi connectivity index (χ0) is 12.7. The van der Waals surface area contributed by atoms with Gasteiger partial charge in [-0.1, -0.05) is 23.5 Å². The number of carboxylic acids is 1. The van der Waals surface area contributed by atoms with Gasteiger partial charge in [-0.05, 0) is 36.5 Å². The molecule has 0 spiro atoms. The summed E-state index contributed by atoms with van der Waals surface area (Å²) in [6.07, 6.45) is 3.42. The lowest BCUT2D eigenvalue weighted by molar-refractivity contribution is 0.0692. The first-order chi connectivity index (χ1) is 8.65. The smallest absolute Gasteiger partial charge is 0.357 e. The standard InChI is InChI=1S/C13H12N2O2S/c14-11-10(13(16)17)15-12(18-11)9-5-4-7-2-1-3-8(7)6-9/h4-6H,1-3,14H2,(H,16,17). The molecule has 5 heteroatoms. The molecule has 18 heavy (non-hydrogen) atoms. The summed E-state index contributed by atoms with van der Waals surface area (Å²) in [5.41, 5.74) is 9.32. The maximum absolute atomic E-state index is 10.9. The van der Waals surface area contributed by atoms with Gasteiger partial charge >= 0.3 is 5.97 Å². The maximum Gasteiger partial charge on any atom is 0.357 e. The van der Waals surface area contributed by atoms with E-state index in [-0.39, 0.29) is 10.7 Å². The molecule has 92 valence electrons. The first-order valence-electron chi connectivity index (χ1n) is 5.77. The number of nitrogens with two attached hydrogens (primary N) is 1. The summed E-state index contributed by atoms with van der Waals surface area (Å²) >= 11 is 1.23. The van der Waals surface area contributed by atoms with Crippen LogP contribution in [-0.2, 0) is 12.8 Å². The number of aromatic nitrogens is 1. The molecule has 0 radical (unpaired) electrons. The molecule has 0 saturated carbocycles. The van der Waals surface area contributed by atoms with Gasteiger partial charge in [0.05, 0.1) is 0 Å². The number of hydrogen-bond acceptors (Lipinski definition) is 4. The molecule has 1 aliphatic carbocycles. The van der Waals surface area contributed by atoms with Crippen molar-refractivity contribution in [3.05, 3.63) is 35.0 Å². The third-order valence-electron chi connectivity index (χ3n) is 3.20. The lowest BCUT2D eigenvalue weighted by Crippen LogP contribution is -2.00. The molecule has 3 rings (SSSR count). The van der Waals surface area contributed by atoms with E-state index < -0.39 is 5.97 Å². The largest absolute Gasteiger partial charge is 0.476 e. The van der Waals surface area contributed by atoms with Gasteiger partial charge in [0.1, 0.15) is 10.0 Å². The number of carbonyl (C=O) groups is 1. The number of anilines is 1. The highest BCUT2D eigenvalue weighted by atomic mass is 32.1. The summed E-state index contributed by atoms with van der Waals surface area (Å²) < 4.78 is 0. The highest BCUT2D eigenvalue weighted by Gasteiger charge is 2.17. The molecule has 0 unspecified atom stereocenters. The topological polar surface area (TPSA) is 76.2 Å². The summed E-state index contributed by atoms with van der Waals surface area (Å²) in [5, 5.41) is 9.89. The fraction of sp³-hybridized carbons (Fsp3) is 0.231. The summed E-state index contributed by atoms with van der Waals surface area (Å²) in [6.45, 7) is 0. The zero-order valence-corrected chi connectivity index (χ0v) is 10.5. The Morgan fingerprint density at radius 2 is 2.11 bits per heavy atom. The summed E-state index contributed by atoms with van der Waals surface area (Å²) in [5.74, 6) is -1.07. The Labute approximate surface area is 108 Å². The number of rotatable bonds is 2. The van der Waals surface area contributed by atoms with Crippen molar-refractivity contribution in [2.24, 2.45) is 0 Å². The van der Waals surface area contributed by atoms with Gasteiger partial charge in [0, 0.05) is 5.56 Å². The summed E-state index contributed by atoms with van der Waals surface area (Å²) in [6, 6.07) is 6.20. The van der Waals surface area contributed by atoms with Crippen molar-refractivity contribution in [2.75, 3.05) is 5.73 Å². The zero-order valence-electron chi connectivity index (χ0n) is 9.64. The first-order valence-corrected chi connectivity index (χ1v) is 6.58. The van der Waals surface area contributed by atoms with Crippen LogP contribution in [0.3, 0.4) is 0 Å². The molecule has 3 N–H and O–H groups in total. The van der Waals surface area contributed by atoms with E-state index >= 15 is 0 Å². The molecule has 0 atom stereocenters. The number of fused-ring (bicyclic) bond motifs is 1. The number of carboxylic acid groups (broad SMARTS) is 1. The molecule has 1 aromatic carbocycles. The molecule has 0 saturated heterocycles. The molecule has 0 amide bonds. The van der Waals surface area contributed by atoms with Crippen molar-refractivity contribution >= 4 is 22.3 Å². The number of hydrogen-bond donors (Lipinski definition) is 2. The maximum atomic E-state index is 10.9. The van der Waals surface area contributed by atoms with Crippen molar-refractivity contribution < 1.29 is 9.90 Å². The Bertz CT molecular complexity index is 634. The second kappa shape index (κ2) is 4.10. The number of nitrogens with zero attached hydrogens (tertiary/aromatic N) is 1. The van der Waals surface area contributed by atoms with Gasteiger partial charge in [-0.2, -0.15) is 0 Å². The van der Waals surface area contributed by atoms with E-state index in [1.165, 1.54) is 28.9 Å². The molecule has 1 heterocycles. The van der Waals surface area contributed by atoms with E-state index in [9.17, 15) is 4.79 Å². The van der Waals surface area contributed by atoms with Gasteiger partial charge in [0.25, 0.3) is 0 Å². The number of benzene rings is 1. The van der Waals surface area contributed by atoms with Crippen LogP contribution in [0, 0.1) is 0 Å². The van der Waals surface area contributed by atoms with E-state index in [1.807, 2.05) is 6.07 Å². The monoisotopic (exact) mass is 260 g/mol. The molecule has 0 bridgehead atoms. The molecular formula is C13H12N2O2S. The van der Waals surface area contributed by atoms with Gasteiger partial charge in [0.15, 0.2) is 5.69 Å². The molecule has 1 aromatic heterocycles. The summed E-state index contributed by atoms with van der Waals surface area (Å²) in [7, 11) is 0. The minimum absolute atomic E-state index is 0.0458. The van der Waals surface area contributed by atoms with Crippen molar-refractivity contribution in [1.82, 2.24) is 4.98 Å². The van der Waals surface area contributed by atoms with Crippen molar-refractivity contribution in [2.45, 2.75) is 19.3 Å². The molecule has 4 nitrogen and oxygen atoms in total. The number of nitrogen functional groups attached to an aromatic ring is 1. The van der Waals surface area contributed by atoms with Crippen LogP contribution in [0.5, 0.6) is 0 Å². The first kappa shape index (κ1) is 11.2. The van der Waals surface area contributed by atoms with E-state index in [0.29, 0.717) is 5.01 Å². The Morgan fingerprint density at radius 1 is 1.33 bits per heavy atom. The van der Waals surface area contributed by atoms with Gasteiger partial charge in [-0.15, -0.1) is 0 Å². The van der Waals surface area contributed by atoms with Gasteiger partial charge < -0.3 is 10.8 Å². The number of aryl methyl sites for hydroxylation is 2. The Hall–Kier alpha value is -1.88. The van der Waals surface area contributed by atoms with Gasteiger partial charge in [-0.25, -0.2) is 9.78 Å². The van der Waals surface area contributed by atoms with Crippen LogP contribution in [0.25, 0.3) is 10.6 Å². The second-order valence-corrected chi connectivity index (χ2v) is 5.40. The van der Waals surface area contributed by atoms with Crippen molar-refractivity contribution in [1.29, 1.82) is 0 Å². The third kappa shape index (κ3) is 1.76. The fourth-order valence-electron chi connectivity index (χ4n) is 2.31. The van der Waals surface area contributed by atoms with Crippen LogP contribution >= 0.6 is 11.3 Å². The molecule has 1 aliphatic rings. The number of thiazole rings is 1. The van der Waals surface area contributed by atoms with E-state index in [1.54, 1.807) is 0 Å². The fourth-order valence-corrected chi connectivity index (χ4v) is 3.13. The molecular weight excluding hydrogens is 248 g/mol. The van der Waals surface area contributed by atoms with Crippen LogP contribution < -0.4 is 5.73 Å². The van der Waals surface area contributed by atoms with E-state index in [0.717, 1.165) is 18.4 Å². The normalized spacial score (nSPS) is 13.6. The van der Waals surface area contributed by atoms with Crippen LogP contribution in [0.15, 0.2) is 18.2 Å². The molecule has 0 fully saturated rings. The summed E-state index contributed by atoms with van der Waals surface area (Å²) in [4.78, 5) is 15.0. The van der Waals surface area contributed by atoms with Gasteiger partial charge in [-0.3, -0.25) is 0 Å². The van der Waals surface area contributed by atoms with Crippen LogP contribution in [0.4, 0.5) is 5.00 Å². The van der Waals surface area contributed by atoms with Crippen LogP contribution in [0.1, 0.15) is 28.0 Å². The average Bonchev–Trinajstić information content (AvgIpc) is 2.93. The Balaban J connectivity index is 2.05. The SMILES string of the molecule is Nc1sc(-c2ccc3c(c2)CCC3)nc1C(=O)O. The van der Waals surface area contributed by atoms with Crippen LogP contribution in [-0.4, -0.2) is 16.1 Å². The predicted molar refractivity (Wildman–Crippen MR) is 70.9 cm³/mol. The quantitative estimate of drug-likeness (QED) is 0.870. The molecule has 2 aromatic rings. The predicted octanol–water partition coefficient (Wildman–Crippen LogP) is 2.58. The number of aromatic carboxylic acids is 1. The van der Waals surface area contributed by atoms with Gasteiger partial charge in [0.2, 0.25) is 0 Å². The minimum Gasteiger partial charge on any atom is -0.476 e. The van der Waals surface area contributed by atoms with Crippen molar-refractivity contribution in [3.8, 4) is 10.6 Å². The Kier molecular flexibility index (Phi) is 2.56. The second-order valence-electron chi connectivity index (χ2n) is 4.37. The van der Waals surface area contributed by atoms with E-state index in [2.05, 4.69) is 17.1 Å². The highest BCUT2D eigenvalue weighted by molar-refractivity contribution is 7.19. The Morgan fingerprint density at radius 3 is 2.83 bits per heavy atom. The van der Waals surface area contributed by atoms with Crippen molar-refractivity contribution in [3.63, 3.8) is 0 Å². The highest BCUT2D eigenvalue weighted by Crippen LogP contribution is 2.33. The lowest BCUT2D eigenvalue weighted by atomic mass is 10.1. The molecule has 0 aliphatic heterocycles. The van der Waals surface area contributed by atoms with Crippen LogP contribution in [0.2, 0.25) is 0 Å².